The molecule has 1 aliphatic heterocycles. The van der Waals surface area contributed by atoms with Crippen LogP contribution in [-0.4, -0.2) is 30.6 Å². The molecule has 4 rings (SSSR count). The van der Waals surface area contributed by atoms with Gasteiger partial charge in [0.1, 0.15) is 11.9 Å². The highest BCUT2D eigenvalue weighted by atomic mass is 35.5. The van der Waals surface area contributed by atoms with Crippen LogP contribution in [0, 0.1) is 5.92 Å². The third kappa shape index (κ3) is 3.04. The number of hydrogen-bond donors (Lipinski definition) is 1. The second-order valence-corrected chi connectivity index (χ2v) is 7.28. The molecule has 1 aliphatic carbocycles. The molecule has 126 valence electrons. The first-order chi connectivity index (χ1) is 11.7. The molecule has 1 unspecified atom stereocenters. The van der Waals surface area contributed by atoms with Crippen LogP contribution in [0.5, 0.6) is 5.75 Å². The summed E-state index contributed by atoms with van der Waals surface area (Å²) in [5.41, 5.74) is 8.60. The van der Waals surface area contributed by atoms with Crippen LogP contribution in [0.1, 0.15) is 23.7 Å². The fraction of sp³-hybridized carbons (Fsp3) is 0.400. The van der Waals surface area contributed by atoms with Gasteiger partial charge in [-0.2, -0.15) is 0 Å². The van der Waals surface area contributed by atoms with Gasteiger partial charge in [0.2, 0.25) is 0 Å². The van der Waals surface area contributed by atoms with Gasteiger partial charge in [-0.05, 0) is 67.2 Å². The largest absolute Gasteiger partial charge is 0.484 e. The summed E-state index contributed by atoms with van der Waals surface area (Å²) in [6.07, 6.45) is 2.31. The molecule has 4 heteroatoms. The van der Waals surface area contributed by atoms with Gasteiger partial charge < -0.3 is 10.5 Å². The van der Waals surface area contributed by atoms with Crippen LogP contribution in [-0.2, 0) is 6.42 Å². The van der Waals surface area contributed by atoms with Crippen molar-refractivity contribution in [3.63, 3.8) is 0 Å². The molecule has 2 aliphatic rings. The Morgan fingerprint density at radius 1 is 1.12 bits per heavy atom. The zero-order chi connectivity index (χ0) is 16.5. The summed E-state index contributed by atoms with van der Waals surface area (Å²) in [6.45, 7) is 2.97. The summed E-state index contributed by atoms with van der Waals surface area (Å²) in [7, 11) is 0. The topological polar surface area (TPSA) is 38.5 Å². The Balaban J connectivity index is 1.60. The van der Waals surface area contributed by atoms with Gasteiger partial charge in [-0.3, -0.25) is 4.90 Å². The van der Waals surface area contributed by atoms with E-state index in [1.54, 1.807) is 0 Å². The number of hydrogen-bond acceptors (Lipinski definition) is 3. The number of likely N-dealkylation sites (tertiary alicyclic amines) is 1. The minimum Gasteiger partial charge on any atom is -0.484 e. The van der Waals surface area contributed by atoms with Crippen LogP contribution in [0.3, 0.4) is 0 Å². The Hall–Kier alpha value is -1.55. The minimum absolute atomic E-state index is 0.0684. The second-order valence-electron chi connectivity index (χ2n) is 6.85. The lowest BCUT2D eigenvalue weighted by Crippen LogP contribution is -2.39. The molecular weight excluding hydrogens is 320 g/mol. The molecule has 3 atom stereocenters. The highest BCUT2D eigenvalue weighted by Crippen LogP contribution is 2.39. The molecule has 0 radical (unpaired) electrons. The summed E-state index contributed by atoms with van der Waals surface area (Å²) in [4.78, 5) is 2.57. The van der Waals surface area contributed by atoms with E-state index in [0.717, 1.165) is 36.8 Å². The van der Waals surface area contributed by atoms with Crippen LogP contribution < -0.4 is 10.5 Å². The van der Waals surface area contributed by atoms with Crippen molar-refractivity contribution in [3.8, 4) is 5.75 Å². The van der Waals surface area contributed by atoms with Crippen molar-refractivity contribution < 1.29 is 4.74 Å². The zero-order valence-corrected chi connectivity index (χ0v) is 14.5. The van der Waals surface area contributed by atoms with Crippen molar-refractivity contribution in [2.75, 3.05) is 19.6 Å². The summed E-state index contributed by atoms with van der Waals surface area (Å²) < 4.78 is 6.42. The molecule has 0 aromatic heterocycles. The fourth-order valence-electron chi connectivity index (χ4n) is 4.02. The fourth-order valence-corrected chi connectivity index (χ4v) is 4.14. The molecule has 1 heterocycles. The number of rotatable bonds is 4. The van der Waals surface area contributed by atoms with Crippen LogP contribution >= 0.6 is 11.6 Å². The summed E-state index contributed by atoms with van der Waals surface area (Å²) in [5, 5.41) is 0.732. The molecule has 0 saturated carbocycles. The Morgan fingerprint density at radius 2 is 1.92 bits per heavy atom. The van der Waals surface area contributed by atoms with E-state index in [4.69, 9.17) is 22.1 Å². The van der Waals surface area contributed by atoms with E-state index >= 15 is 0 Å². The number of ether oxygens (including phenoxy) is 1. The highest BCUT2D eigenvalue weighted by molar-refractivity contribution is 6.30. The molecule has 0 bridgehead atoms. The van der Waals surface area contributed by atoms with Crippen molar-refractivity contribution in [1.82, 2.24) is 4.90 Å². The summed E-state index contributed by atoms with van der Waals surface area (Å²) in [6, 6.07) is 16.7. The maximum absolute atomic E-state index is 6.42. The average molecular weight is 343 g/mol. The van der Waals surface area contributed by atoms with Gasteiger partial charge in [-0.25, -0.2) is 0 Å². The molecule has 1 saturated heterocycles. The van der Waals surface area contributed by atoms with Gasteiger partial charge in [-0.15, -0.1) is 0 Å². The number of nitrogens with zero attached hydrogens (tertiary/aromatic N) is 1. The Kier molecular flexibility index (Phi) is 4.49. The van der Waals surface area contributed by atoms with E-state index in [2.05, 4.69) is 29.2 Å². The van der Waals surface area contributed by atoms with E-state index < -0.39 is 0 Å². The molecule has 2 N–H and O–H groups in total. The van der Waals surface area contributed by atoms with Crippen molar-refractivity contribution in [3.05, 3.63) is 64.7 Å². The standard InChI is InChI=1S/C20H23ClN2O/c21-16-5-7-17(8-6-16)24-20-18-4-2-1-3-15(18)11-19(20)23-10-9-14(12-22)13-23/h1-8,14,19-20H,9-13,22H2/t14-,19-,20?/m1/s1. The predicted molar refractivity (Wildman–Crippen MR) is 97.5 cm³/mol. The summed E-state index contributed by atoms with van der Waals surface area (Å²) >= 11 is 6.00. The van der Waals surface area contributed by atoms with E-state index in [1.165, 1.54) is 17.5 Å². The normalized spacial score (nSPS) is 26.5. The van der Waals surface area contributed by atoms with E-state index in [-0.39, 0.29) is 6.10 Å². The molecule has 0 amide bonds. The van der Waals surface area contributed by atoms with Gasteiger partial charge in [0, 0.05) is 11.6 Å². The highest BCUT2D eigenvalue weighted by Gasteiger charge is 2.40. The average Bonchev–Trinajstić information content (AvgIpc) is 3.22. The van der Waals surface area contributed by atoms with Crippen LogP contribution in [0.25, 0.3) is 0 Å². The molecule has 24 heavy (non-hydrogen) atoms. The third-order valence-corrected chi connectivity index (χ3v) is 5.59. The quantitative estimate of drug-likeness (QED) is 0.921. The SMILES string of the molecule is NC[C@H]1CCN([C@@H]2Cc3ccccc3C2Oc2ccc(Cl)cc2)C1. The second kappa shape index (κ2) is 6.75. The maximum Gasteiger partial charge on any atom is 0.140 e. The Labute approximate surface area is 148 Å². The molecular formula is C20H23ClN2O. The zero-order valence-electron chi connectivity index (χ0n) is 13.7. The van der Waals surface area contributed by atoms with Gasteiger partial charge in [-0.1, -0.05) is 35.9 Å². The van der Waals surface area contributed by atoms with Crippen molar-refractivity contribution in [2.45, 2.75) is 25.0 Å². The van der Waals surface area contributed by atoms with Crippen LogP contribution in [0.15, 0.2) is 48.5 Å². The number of halogens is 1. The lowest BCUT2D eigenvalue weighted by molar-refractivity contribution is 0.0917. The van der Waals surface area contributed by atoms with E-state index in [9.17, 15) is 0 Å². The maximum atomic E-state index is 6.42. The van der Waals surface area contributed by atoms with E-state index in [0.29, 0.717) is 12.0 Å². The summed E-state index contributed by atoms with van der Waals surface area (Å²) in [5.74, 6) is 1.49. The monoisotopic (exact) mass is 342 g/mol. The van der Waals surface area contributed by atoms with Gasteiger partial charge in [0.15, 0.2) is 0 Å². The molecule has 3 nitrogen and oxygen atoms in total. The molecule has 2 aromatic carbocycles. The third-order valence-electron chi connectivity index (χ3n) is 5.34. The number of fused-ring (bicyclic) bond motifs is 1. The van der Waals surface area contributed by atoms with Crippen LogP contribution in [0.4, 0.5) is 0 Å². The molecule has 2 aromatic rings. The van der Waals surface area contributed by atoms with Crippen LogP contribution in [0.2, 0.25) is 5.02 Å². The molecule has 0 spiro atoms. The van der Waals surface area contributed by atoms with Gasteiger partial charge in [0.25, 0.3) is 0 Å². The van der Waals surface area contributed by atoms with Gasteiger partial charge >= 0.3 is 0 Å². The lowest BCUT2D eigenvalue weighted by atomic mass is 10.1. The first-order valence-corrected chi connectivity index (χ1v) is 9.06. The predicted octanol–water partition coefficient (Wildman–Crippen LogP) is 3.67. The smallest absolute Gasteiger partial charge is 0.140 e. The first kappa shape index (κ1) is 15.9. The first-order valence-electron chi connectivity index (χ1n) is 8.68. The van der Waals surface area contributed by atoms with Gasteiger partial charge in [0.05, 0.1) is 6.04 Å². The molecule has 1 fully saturated rings. The van der Waals surface area contributed by atoms with Crippen molar-refractivity contribution in [1.29, 1.82) is 0 Å². The van der Waals surface area contributed by atoms with Crippen molar-refractivity contribution >= 4 is 11.6 Å². The number of benzene rings is 2. The minimum atomic E-state index is 0.0684. The number of nitrogens with two attached hydrogens (primary N) is 1. The van der Waals surface area contributed by atoms with Crippen molar-refractivity contribution in [2.24, 2.45) is 11.7 Å². The lowest BCUT2D eigenvalue weighted by Gasteiger charge is -2.30. The Morgan fingerprint density at radius 3 is 2.67 bits per heavy atom. The van der Waals surface area contributed by atoms with E-state index in [1.807, 2.05) is 24.3 Å². The Bertz CT molecular complexity index is 703.